The number of alkyl halides is 6. The summed E-state index contributed by atoms with van der Waals surface area (Å²) in [5.41, 5.74) is 5.72. The second-order valence-electron chi connectivity index (χ2n) is 28.5. The van der Waals surface area contributed by atoms with E-state index in [4.69, 9.17) is 59.8 Å². The largest absolute Gasteiger partial charge is 0.417 e. The van der Waals surface area contributed by atoms with Crippen LogP contribution in [0.15, 0.2) is 346 Å². The zero-order valence-electron chi connectivity index (χ0n) is 62.9. The van der Waals surface area contributed by atoms with Gasteiger partial charge in [0, 0.05) is 93.9 Å². The summed E-state index contributed by atoms with van der Waals surface area (Å²) in [6.07, 6.45) is -10.6. The average molecular weight is 1570 g/mol. The maximum atomic E-state index is 16.5. The summed E-state index contributed by atoms with van der Waals surface area (Å²) < 4.78 is 98.5. The predicted molar refractivity (Wildman–Crippen MR) is 454 cm³/mol. The van der Waals surface area contributed by atoms with Crippen molar-refractivity contribution in [2.45, 2.75) is 12.4 Å². The maximum absolute atomic E-state index is 16.5. The molecule has 6 heterocycles. The number of aromatic nitrogens is 14. The normalized spacial score (nSPS) is 11.7. The molecule has 20 rings (SSSR count). The first-order valence-electron chi connectivity index (χ1n) is 38.2. The van der Waals surface area contributed by atoms with Gasteiger partial charge in [0.05, 0.1) is 50.1 Å². The Balaban J connectivity index is 0.863. The Morgan fingerprint density at radius 2 is 0.450 bits per heavy atom. The molecule has 0 spiro atoms. The van der Waals surface area contributed by atoms with Gasteiger partial charge < -0.3 is 9.13 Å². The number of hydrogen-bond donors (Lipinski definition) is 0. The summed E-state index contributed by atoms with van der Waals surface area (Å²) in [7, 11) is 0. The third kappa shape index (κ3) is 13.7. The van der Waals surface area contributed by atoms with Crippen LogP contribution in [-0.2, 0) is 12.4 Å². The van der Waals surface area contributed by atoms with E-state index >= 15 is 26.3 Å². The molecule has 0 saturated heterocycles. The number of nitriles is 1. The average Bonchev–Trinajstić information content (AvgIpc) is 1.46. The Morgan fingerprint density at radius 1 is 0.217 bits per heavy atom. The van der Waals surface area contributed by atoms with E-state index in [0.29, 0.717) is 152 Å². The SMILES string of the molecule is N#Cc1cc(-n2c3ccc(-c4nc(-c5ccccc5)nc(-c5ccccc5)n4)cc3c3cc(-c4nc(-c5ccccc5)nc(-c5ccccc5)n4)ccc32)c(-c2ccc(C(F)(F)F)cc2C(F)(F)F)cc1-n1c2ccc(-c3nc(-c4ccccc4)nc(-c4ccccc4)n3)cc2c2cc(-c3nc(-c4ccccc4)nc(-c4ccccc4)n3)ccc21. The van der Waals surface area contributed by atoms with Crippen molar-refractivity contribution in [3.05, 3.63) is 362 Å². The molecule has 0 N–H and O–H groups in total. The summed E-state index contributed by atoms with van der Waals surface area (Å²) in [5.74, 6) is 4.30. The fourth-order valence-corrected chi connectivity index (χ4v) is 15.3. The molecule has 120 heavy (non-hydrogen) atoms. The molecule has 14 aromatic carbocycles. The van der Waals surface area contributed by atoms with Crippen LogP contribution in [0.2, 0.25) is 0 Å². The number of nitrogens with zero attached hydrogens (tertiary/aromatic N) is 15. The minimum atomic E-state index is -5.40. The van der Waals surface area contributed by atoms with Crippen LogP contribution in [0.4, 0.5) is 26.3 Å². The number of rotatable bonds is 15. The Hall–Kier alpha value is -16.2. The second kappa shape index (κ2) is 29.9. The minimum Gasteiger partial charge on any atom is -0.309 e. The summed E-state index contributed by atoms with van der Waals surface area (Å²) in [4.78, 5) is 60.7. The molecule has 0 atom stereocenters. The number of hydrogen-bond acceptors (Lipinski definition) is 13. The number of fused-ring (bicyclic) bond motifs is 6. The smallest absolute Gasteiger partial charge is 0.309 e. The van der Waals surface area contributed by atoms with Crippen molar-refractivity contribution in [3.63, 3.8) is 0 Å². The highest BCUT2D eigenvalue weighted by atomic mass is 19.4. The lowest BCUT2D eigenvalue weighted by molar-refractivity contribution is -0.142. The summed E-state index contributed by atoms with van der Waals surface area (Å²) >= 11 is 0. The van der Waals surface area contributed by atoms with E-state index in [2.05, 4.69) is 6.07 Å². The van der Waals surface area contributed by atoms with Crippen molar-refractivity contribution in [2.24, 2.45) is 0 Å². The second-order valence-corrected chi connectivity index (χ2v) is 28.5. The van der Waals surface area contributed by atoms with E-state index in [1.165, 1.54) is 12.1 Å². The molecule has 0 amide bonds. The Bertz CT molecular complexity index is 6820. The molecule has 570 valence electrons. The van der Waals surface area contributed by atoms with Gasteiger partial charge in [0.2, 0.25) is 0 Å². The van der Waals surface area contributed by atoms with Crippen LogP contribution < -0.4 is 0 Å². The number of benzene rings is 14. The first-order chi connectivity index (χ1) is 58.7. The van der Waals surface area contributed by atoms with Crippen LogP contribution in [0.25, 0.3) is 203 Å². The molecule has 0 bridgehead atoms. The molecule has 0 aliphatic carbocycles. The molecule has 0 fully saturated rings. The zero-order chi connectivity index (χ0) is 81.2. The van der Waals surface area contributed by atoms with E-state index < -0.39 is 29.0 Å². The van der Waals surface area contributed by atoms with Gasteiger partial charge in [-0.25, -0.2) is 59.8 Å². The van der Waals surface area contributed by atoms with Crippen LogP contribution in [0, 0.1) is 11.3 Å². The molecule has 20 aromatic rings. The van der Waals surface area contributed by atoms with E-state index in [-0.39, 0.29) is 40.2 Å². The van der Waals surface area contributed by atoms with Gasteiger partial charge in [-0.1, -0.05) is 249 Å². The summed E-state index contributed by atoms with van der Waals surface area (Å²) in [5, 5.41) is 14.3. The van der Waals surface area contributed by atoms with Crippen molar-refractivity contribution in [2.75, 3.05) is 0 Å². The molecule has 21 heteroatoms. The lowest BCUT2D eigenvalue weighted by atomic mass is 9.93. The molecular weight excluding hydrogens is 1510 g/mol. The highest BCUT2D eigenvalue weighted by Gasteiger charge is 2.40. The Morgan fingerprint density at radius 3 is 0.675 bits per heavy atom. The van der Waals surface area contributed by atoms with E-state index in [1.807, 2.05) is 291 Å². The molecule has 15 nitrogen and oxygen atoms in total. The van der Waals surface area contributed by atoms with Crippen LogP contribution in [-0.4, -0.2) is 68.9 Å². The Labute approximate surface area is 680 Å². The standard InChI is InChI=1S/C99H57F6N15/c100-98(101,102)72-45-46-73(79(56-72)99(103,104)105)78-57-84(119-80-47-41-67(94-111-86(59-25-9-1-10-26-59)107-87(112-94)60-27-11-2-12-28-60)51-74(80)75-52-68(42-48-81(75)119)95-113-88(61-29-13-3-14-30-61)108-89(114-95)62-31-15-4-16-32-62)71(58-106)55-85(78)120-82-49-43-69(96-115-90(63-33-17-5-18-34-63)109-91(116-96)64-35-19-6-20-36-64)53-76(82)77-54-70(44-50-83(77)120)97-117-92(65-37-21-7-22-38-65)110-93(118-97)66-39-23-8-24-40-66/h1-57H. The van der Waals surface area contributed by atoms with Gasteiger partial charge in [-0.3, -0.25) is 0 Å². The highest BCUT2D eigenvalue weighted by Crippen LogP contribution is 2.48. The minimum absolute atomic E-state index is 0.00118. The molecule has 0 radical (unpaired) electrons. The summed E-state index contributed by atoms with van der Waals surface area (Å²) in [6, 6.07) is 105. The van der Waals surface area contributed by atoms with Gasteiger partial charge in [-0.15, -0.1) is 0 Å². The molecule has 6 aromatic heterocycles. The van der Waals surface area contributed by atoms with Crippen molar-refractivity contribution in [3.8, 4) is 165 Å². The van der Waals surface area contributed by atoms with Crippen LogP contribution >= 0.6 is 0 Å². The monoisotopic (exact) mass is 1570 g/mol. The Kier molecular flexibility index (Phi) is 18.1. The molecule has 0 aliphatic rings. The predicted octanol–water partition coefficient (Wildman–Crippen LogP) is 24.2. The molecule has 0 unspecified atom stereocenters. The van der Waals surface area contributed by atoms with Crippen LogP contribution in [0.3, 0.4) is 0 Å². The third-order valence-corrected chi connectivity index (χ3v) is 21.0. The van der Waals surface area contributed by atoms with E-state index in [0.717, 1.165) is 28.3 Å². The highest BCUT2D eigenvalue weighted by molar-refractivity contribution is 6.14. The van der Waals surface area contributed by atoms with E-state index in [9.17, 15) is 5.26 Å². The topological polar surface area (TPSA) is 188 Å². The van der Waals surface area contributed by atoms with Crippen molar-refractivity contribution in [1.82, 2.24) is 68.9 Å². The van der Waals surface area contributed by atoms with Crippen molar-refractivity contribution < 1.29 is 26.3 Å². The fraction of sp³-hybridized carbons (Fsp3) is 0.0202. The van der Waals surface area contributed by atoms with Gasteiger partial charge in [0.1, 0.15) is 6.07 Å². The fourth-order valence-electron chi connectivity index (χ4n) is 15.3. The number of halogens is 6. The molecule has 0 saturated carbocycles. The van der Waals surface area contributed by atoms with E-state index in [1.54, 1.807) is 33.4 Å². The van der Waals surface area contributed by atoms with Gasteiger partial charge in [-0.05, 0) is 103 Å². The third-order valence-electron chi connectivity index (χ3n) is 21.0. The zero-order valence-corrected chi connectivity index (χ0v) is 62.9. The van der Waals surface area contributed by atoms with Gasteiger partial charge >= 0.3 is 12.4 Å². The lowest BCUT2D eigenvalue weighted by Crippen LogP contribution is -2.13. The van der Waals surface area contributed by atoms with Crippen molar-refractivity contribution in [1.29, 1.82) is 5.26 Å². The van der Waals surface area contributed by atoms with Gasteiger partial charge in [-0.2, -0.15) is 31.6 Å². The van der Waals surface area contributed by atoms with Gasteiger partial charge in [0.25, 0.3) is 0 Å². The van der Waals surface area contributed by atoms with Gasteiger partial charge in [0.15, 0.2) is 69.9 Å². The summed E-state index contributed by atoms with van der Waals surface area (Å²) in [6.45, 7) is 0. The maximum Gasteiger partial charge on any atom is 0.417 e. The van der Waals surface area contributed by atoms with Crippen molar-refractivity contribution >= 4 is 43.6 Å². The first-order valence-corrected chi connectivity index (χ1v) is 38.2. The molecule has 0 aliphatic heterocycles. The van der Waals surface area contributed by atoms with Crippen LogP contribution in [0.1, 0.15) is 16.7 Å². The van der Waals surface area contributed by atoms with Crippen LogP contribution in [0.5, 0.6) is 0 Å². The molecular formula is C99H57F6N15. The first kappa shape index (κ1) is 72.7. The lowest BCUT2D eigenvalue weighted by Gasteiger charge is -2.22. The quantitative estimate of drug-likeness (QED) is 0.0883.